The monoisotopic (exact) mass is 537 g/mol. The Morgan fingerprint density at radius 3 is 1.92 bits per heavy atom. The Labute approximate surface area is 225 Å². The Hall–Kier alpha value is -3.14. The molecule has 214 valence electrons. The van der Waals surface area contributed by atoms with E-state index in [1.165, 1.54) is 12.1 Å². The number of nitrogens with two attached hydrogens (primary N) is 1. The zero-order valence-electron chi connectivity index (χ0n) is 23.7. The largest absolute Gasteiger partial charge is 0.509 e. The summed E-state index contributed by atoms with van der Waals surface area (Å²) in [6.07, 6.45) is 0.0912. The third kappa shape index (κ3) is 9.96. The first-order valence-electron chi connectivity index (χ1n) is 13.1. The van der Waals surface area contributed by atoms with E-state index in [1.807, 2.05) is 20.8 Å². The molecule has 10 nitrogen and oxygen atoms in total. The van der Waals surface area contributed by atoms with Crippen LogP contribution in [0.15, 0.2) is 18.2 Å². The topological polar surface area (TPSA) is 151 Å². The van der Waals surface area contributed by atoms with Gasteiger partial charge in [-0.15, -0.1) is 0 Å². The van der Waals surface area contributed by atoms with Crippen molar-refractivity contribution >= 4 is 24.1 Å². The van der Waals surface area contributed by atoms with Crippen LogP contribution in [-0.4, -0.2) is 46.9 Å². The van der Waals surface area contributed by atoms with E-state index in [2.05, 4.69) is 0 Å². The van der Waals surface area contributed by atoms with Gasteiger partial charge in [-0.3, -0.25) is 14.4 Å². The fourth-order valence-corrected chi connectivity index (χ4v) is 3.22. The molecule has 1 aromatic rings. The maximum atomic E-state index is 12.6. The smallest absolute Gasteiger partial charge is 0.480 e. The van der Waals surface area contributed by atoms with E-state index in [-0.39, 0.29) is 23.8 Å². The summed E-state index contributed by atoms with van der Waals surface area (Å²) in [5.74, 6) is -3.90. The number of aliphatic carboxylic acids is 1. The lowest BCUT2D eigenvalue weighted by molar-refractivity contribution is -0.141. The minimum absolute atomic E-state index is 0.0234. The summed E-state index contributed by atoms with van der Waals surface area (Å²) in [7, 11) is 0. The Bertz CT molecular complexity index is 975. The van der Waals surface area contributed by atoms with Gasteiger partial charge in [0.15, 0.2) is 11.5 Å². The number of carboxylic acid groups (broad SMARTS) is 1. The van der Waals surface area contributed by atoms with Gasteiger partial charge in [0.2, 0.25) is 0 Å². The molecule has 0 heterocycles. The van der Waals surface area contributed by atoms with Gasteiger partial charge in [0, 0.05) is 5.92 Å². The van der Waals surface area contributed by atoms with E-state index < -0.39 is 53.6 Å². The molecule has 0 fully saturated rings. The second kappa shape index (κ2) is 14.7. The molecule has 38 heavy (non-hydrogen) atoms. The molecule has 0 saturated heterocycles. The van der Waals surface area contributed by atoms with Crippen LogP contribution in [0.4, 0.5) is 4.79 Å². The summed E-state index contributed by atoms with van der Waals surface area (Å²) in [5, 5.41) is 9.66. The van der Waals surface area contributed by atoms with E-state index in [0.29, 0.717) is 24.8 Å². The SMILES string of the molecule is CCC(C)C(=O)Oc1ccc(C(CC(C)OC(=O)OC(C)(C)CC)[C@H](N)C(=O)O)cc1OC(=O)C(C)CC. The fraction of sp³-hybridized carbons (Fsp3) is 0.643. The third-order valence-electron chi connectivity index (χ3n) is 6.66. The van der Waals surface area contributed by atoms with Crippen LogP contribution in [0.1, 0.15) is 92.6 Å². The highest BCUT2D eigenvalue weighted by atomic mass is 16.7. The second-order valence-electron chi connectivity index (χ2n) is 10.3. The molecule has 0 spiro atoms. The number of hydrogen-bond donors (Lipinski definition) is 2. The summed E-state index contributed by atoms with van der Waals surface area (Å²) in [5.41, 5.74) is 5.72. The number of ether oxygens (including phenoxy) is 4. The molecule has 3 N–H and O–H groups in total. The molecule has 1 rings (SSSR count). The van der Waals surface area contributed by atoms with E-state index in [0.717, 1.165) is 0 Å². The van der Waals surface area contributed by atoms with Crippen LogP contribution in [0.5, 0.6) is 11.5 Å². The van der Waals surface area contributed by atoms with Crippen molar-refractivity contribution in [2.24, 2.45) is 17.6 Å². The molecule has 0 aliphatic heterocycles. The molecule has 0 aliphatic carbocycles. The Morgan fingerprint density at radius 1 is 0.921 bits per heavy atom. The van der Waals surface area contributed by atoms with E-state index in [9.17, 15) is 24.3 Å². The van der Waals surface area contributed by atoms with Gasteiger partial charge in [-0.25, -0.2) is 4.79 Å². The van der Waals surface area contributed by atoms with Crippen molar-refractivity contribution in [3.63, 3.8) is 0 Å². The van der Waals surface area contributed by atoms with Crippen molar-refractivity contribution in [2.45, 2.75) is 105 Å². The summed E-state index contributed by atoms with van der Waals surface area (Å²) in [4.78, 5) is 49.1. The van der Waals surface area contributed by atoms with Gasteiger partial charge in [-0.05, 0) is 64.2 Å². The van der Waals surface area contributed by atoms with Crippen molar-refractivity contribution in [3.8, 4) is 11.5 Å². The van der Waals surface area contributed by atoms with Gasteiger partial charge >= 0.3 is 24.1 Å². The van der Waals surface area contributed by atoms with Crippen molar-refractivity contribution in [3.05, 3.63) is 23.8 Å². The standard InChI is InChI=1S/C28H43NO9/c1-9-16(4)25(32)36-21-13-12-19(15-22(21)37-26(33)17(5)10-2)20(23(29)24(30)31)14-18(6)35-27(34)38-28(7,8)11-3/h12-13,15-18,20,23H,9-11,14,29H2,1-8H3,(H,30,31)/t16?,17?,18?,20?,23-/m0/s1. The fourth-order valence-electron chi connectivity index (χ4n) is 3.22. The number of rotatable bonds is 14. The molecule has 0 amide bonds. The van der Waals surface area contributed by atoms with Crippen molar-refractivity contribution < 1.29 is 43.2 Å². The highest BCUT2D eigenvalue weighted by Gasteiger charge is 2.31. The molecular weight excluding hydrogens is 494 g/mol. The highest BCUT2D eigenvalue weighted by molar-refractivity contribution is 5.79. The molecule has 0 aromatic heterocycles. The van der Waals surface area contributed by atoms with Crippen molar-refractivity contribution in [1.82, 2.24) is 0 Å². The summed E-state index contributed by atoms with van der Waals surface area (Å²) in [6.45, 7) is 14.1. The number of carbonyl (C=O) groups excluding carboxylic acids is 3. The summed E-state index contributed by atoms with van der Waals surface area (Å²) < 4.78 is 21.7. The first-order valence-corrected chi connectivity index (χ1v) is 13.1. The molecule has 4 unspecified atom stereocenters. The quantitative estimate of drug-likeness (QED) is 0.239. The zero-order valence-corrected chi connectivity index (χ0v) is 23.7. The number of esters is 2. The van der Waals surface area contributed by atoms with Gasteiger partial charge in [0.1, 0.15) is 17.7 Å². The molecule has 0 saturated carbocycles. The molecular formula is C28H43NO9. The predicted octanol–water partition coefficient (Wildman–Crippen LogP) is 5.21. The van der Waals surface area contributed by atoms with Gasteiger partial charge in [-0.1, -0.05) is 40.7 Å². The Morgan fingerprint density at radius 2 is 1.45 bits per heavy atom. The Kier molecular flexibility index (Phi) is 12.7. The first kappa shape index (κ1) is 32.9. The number of hydrogen-bond acceptors (Lipinski definition) is 9. The maximum Gasteiger partial charge on any atom is 0.509 e. The zero-order chi connectivity index (χ0) is 29.2. The van der Waals surface area contributed by atoms with Crippen LogP contribution >= 0.6 is 0 Å². The third-order valence-corrected chi connectivity index (χ3v) is 6.66. The van der Waals surface area contributed by atoms with E-state index in [1.54, 1.807) is 40.7 Å². The number of carboxylic acids is 1. The highest BCUT2D eigenvalue weighted by Crippen LogP contribution is 2.35. The van der Waals surface area contributed by atoms with Crippen LogP contribution in [0.25, 0.3) is 0 Å². The number of benzene rings is 1. The lowest BCUT2D eigenvalue weighted by atomic mass is 9.87. The van der Waals surface area contributed by atoms with E-state index in [4.69, 9.17) is 24.7 Å². The van der Waals surface area contributed by atoms with Gasteiger partial charge in [-0.2, -0.15) is 0 Å². The minimum Gasteiger partial charge on any atom is -0.480 e. The Balaban J connectivity index is 3.36. The number of carbonyl (C=O) groups is 4. The predicted molar refractivity (Wildman–Crippen MR) is 141 cm³/mol. The van der Waals surface area contributed by atoms with Crippen LogP contribution < -0.4 is 15.2 Å². The van der Waals surface area contributed by atoms with Crippen LogP contribution in [0.2, 0.25) is 0 Å². The first-order chi connectivity index (χ1) is 17.6. The lowest BCUT2D eigenvalue weighted by Crippen LogP contribution is -2.38. The van der Waals surface area contributed by atoms with Gasteiger partial charge < -0.3 is 29.8 Å². The van der Waals surface area contributed by atoms with Crippen molar-refractivity contribution in [1.29, 1.82) is 0 Å². The summed E-state index contributed by atoms with van der Waals surface area (Å²) >= 11 is 0. The molecule has 0 bridgehead atoms. The lowest BCUT2D eigenvalue weighted by Gasteiger charge is -2.27. The summed E-state index contributed by atoms with van der Waals surface area (Å²) in [6, 6.07) is 3.08. The maximum absolute atomic E-state index is 12.6. The molecule has 0 aliphatic rings. The van der Waals surface area contributed by atoms with Gasteiger partial charge in [0.25, 0.3) is 0 Å². The van der Waals surface area contributed by atoms with Crippen LogP contribution in [0, 0.1) is 11.8 Å². The normalized spacial score (nSPS) is 15.4. The molecule has 1 aromatic carbocycles. The van der Waals surface area contributed by atoms with Crippen LogP contribution in [-0.2, 0) is 23.9 Å². The molecule has 5 atom stereocenters. The second-order valence-corrected chi connectivity index (χ2v) is 10.3. The van der Waals surface area contributed by atoms with Crippen LogP contribution in [0.3, 0.4) is 0 Å². The van der Waals surface area contributed by atoms with Crippen molar-refractivity contribution in [2.75, 3.05) is 0 Å². The average Bonchev–Trinajstić information content (AvgIpc) is 2.86. The molecule has 10 heteroatoms. The molecule has 0 radical (unpaired) electrons. The van der Waals surface area contributed by atoms with Gasteiger partial charge in [0.05, 0.1) is 11.8 Å². The average molecular weight is 538 g/mol. The minimum atomic E-state index is -1.37. The van der Waals surface area contributed by atoms with E-state index >= 15 is 0 Å².